The molecule has 0 radical (unpaired) electrons. The highest BCUT2D eigenvalue weighted by Gasteiger charge is 2.34. The van der Waals surface area contributed by atoms with Gasteiger partial charge >= 0.3 is 6.09 Å². The minimum absolute atomic E-state index is 0.0000811. The van der Waals surface area contributed by atoms with Crippen molar-refractivity contribution < 1.29 is 23.9 Å². The normalized spacial score (nSPS) is 17.6. The van der Waals surface area contributed by atoms with Crippen LogP contribution in [0, 0.1) is 10.1 Å². The molecule has 0 fully saturated rings. The number of nitrogens with zero attached hydrogens (tertiary/aromatic N) is 2. The van der Waals surface area contributed by atoms with Gasteiger partial charge in [-0.05, 0) is 47.4 Å². The zero-order valence-corrected chi connectivity index (χ0v) is 14.0. The zero-order valence-electron chi connectivity index (χ0n) is 14.0. The van der Waals surface area contributed by atoms with Gasteiger partial charge in [-0.2, -0.15) is 0 Å². The number of nitro benzene ring substituents is 1. The van der Waals surface area contributed by atoms with Crippen molar-refractivity contribution in [3.8, 4) is 11.5 Å². The Morgan fingerprint density at radius 2 is 1.92 bits per heavy atom. The first-order chi connectivity index (χ1) is 12.6. The lowest BCUT2D eigenvalue weighted by Crippen LogP contribution is -2.40. The largest absolute Gasteiger partial charge is 0.454 e. The van der Waals surface area contributed by atoms with Gasteiger partial charge in [0.2, 0.25) is 6.79 Å². The van der Waals surface area contributed by atoms with Crippen LogP contribution in [0.5, 0.6) is 11.5 Å². The first-order valence-corrected chi connectivity index (χ1v) is 8.10. The SMILES string of the molecule is COC(=O)N1CCc2cc3c(cc2C1c1ccc([N+](=O)[O-])cc1)OCO3. The number of hydrogen-bond acceptors (Lipinski definition) is 6. The molecule has 0 bridgehead atoms. The molecule has 8 nitrogen and oxygen atoms in total. The number of fused-ring (bicyclic) bond motifs is 2. The van der Waals surface area contributed by atoms with Crippen molar-refractivity contribution in [3.63, 3.8) is 0 Å². The summed E-state index contributed by atoms with van der Waals surface area (Å²) in [6, 6.07) is 9.60. The number of benzene rings is 2. The van der Waals surface area contributed by atoms with E-state index in [-0.39, 0.29) is 12.5 Å². The van der Waals surface area contributed by atoms with Crippen LogP contribution in [0.15, 0.2) is 36.4 Å². The number of carbonyl (C=O) groups is 1. The molecular weight excluding hydrogens is 340 g/mol. The van der Waals surface area contributed by atoms with Crippen molar-refractivity contribution in [3.05, 3.63) is 63.2 Å². The van der Waals surface area contributed by atoms with Crippen molar-refractivity contribution >= 4 is 11.8 Å². The van der Waals surface area contributed by atoms with Crippen molar-refractivity contribution in [2.24, 2.45) is 0 Å². The third kappa shape index (κ3) is 2.59. The minimum Gasteiger partial charge on any atom is -0.454 e. The lowest BCUT2D eigenvalue weighted by molar-refractivity contribution is -0.384. The van der Waals surface area contributed by atoms with E-state index in [1.165, 1.54) is 19.2 Å². The summed E-state index contributed by atoms with van der Waals surface area (Å²) in [4.78, 5) is 24.4. The second kappa shape index (κ2) is 6.21. The van der Waals surface area contributed by atoms with Gasteiger partial charge in [0, 0.05) is 18.7 Å². The van der Waals surface area contributed by atoms with Crippen LogP contribution >= 0.6 is 0 Å². The van der Waals surface area contributed by atoms with Crippen molar-refractivity contribution in [2.45, 2.75) is 12.5 Å². The number of nitro groups is 1. The van der Waals surface area contributed by atoms with Gasteiger partial charge in [-0.15, -0.1) is 0 Å². The second-order valence-corrected chi connectivity index (χ2v) is 6.07. The van der Waals surface area contributed by atoms with Crippen LogP contribution < -0.4 is 9.47 Å². The summed E-state index contributed by atoms with van der Waals surface area (Å²) in [5.41, 5.74) is 2.72. The average molecular weight is 356 g/mol. The second-order valence-electron chi connectivity index (χ2n) is 6.07. The van der Waals surface area contributed by atoms with Crippen LogP contribution in [0.25, 0.3) is 0 Å². The fourth-order valence-corrected chi connectivity index (χ4v) is 3.46. The molecule has 134 valence electrons. The molecule has 2 heterocycles. The van der Waals surface area contributed by atoms with E-state index in [0.29, 0.717) is 24.5 Å². The van der Waals surface area contributed by atoms with Crippen molar-refractivity contribution in [2.75, 3.05) is 20.4 Å². The summed E-state index contributed by atoms with van der Waals surface area (Å²) in [6.45, 7) is 0.641. The van der Waals surface area contributed by atoms with Gasteiger partial charge in [-0.1, -0.05) is 0 Å². The van der Waals surface area contributed by atoms with Gasteiger partial charge in [0.1, 0.15) is 0 Å². The van der Waals surface area contributed by atoms with E-state index in [1.54, 1.807) is 17.0 Å². The Morgan fingerprint density at radius 3 is 2.58 bits per heavy atom. The van der Waals surface area contributed by atoms with Crippen LogP contribution in [0.2, 0.25) is 0 Å². The summed E-state index contributed by atoms with van der Waals surface area (Å²) >= 11 is 0. The molecule has 2 aromatic rings. The van der Waals surface area contributed by atoms with E-state index in [9.17, 15) is 14.9 Å². The summed E-state index contributed by atoms with van der Waals surface area (Å²) in [6.07, 6.45) is 0.210. The lowest BCUT2D eigenvalue weighted by atomic mass is 9.88. The third-order valence-corrected chi connectivity index (χ3v) is 4.69. The summed E-state index contributed by atoms with van der Waals surface area (Å²) in [5.74, 6) is 1.32. The quantitative estimate of drug-likeness (QED) is 0.607. The van der Waals surface area contributed by atoms with E-state index in [4.69, 9.17) is 14.2 Å². The third-order valence-electron chi connectivity index (χ3n) is 4.69. The van der Waals surface area contributed by atoms with Crippen molar-refractivity contribution in [1.82, 2.24) is 4.90 Å². The Balaban J connectivity index is 1.82. The van der Waals surface area contributed by atoms with Crippen LogP contribution in [0.1, 0.15) is 22.7 Å². The molecule has 0 saturated carbocycles. The van der Waals surface area contributed by atoms with Gasteiger partial charge in [-0.3, -0.25) is 15.0 Å². The van der Waals surface area contributed by atoms with Crippen molar-refractivity contribution in [1.29, 1.82) is 0 Å². The van der Waals surface area contributed by atoms with E-state index in [0.717, 1.165) is 16.7 Å². The van der Waals surface area contributed by atoms with Gasteiger partial charge in [0.05, 0.1) is 18.1 Å². The Bertz CT molecular complexity index is 880. The first kappa shape index (κ1) is 16.2. The number of amides is 1. The van der Waals surface area contributed by atoms with Crippen LogP contribution in [-0.4, -0.2) is 36.4 Å². The topological polar surface area (TPSA) is 91.1 Å². The van der Waals surface area contributed by atoms with Gasteiger partial charge < -0.3 is 14.2 Å². The minimum atomic E-state index is -0.450. The number of carbonyl (C=O) groups excluding carboxylic acids is 1. The maximum atomic E-state index is 12.3. The molecule has 2 aliphatic rings. The van der Waals surface area contributed by atoms with Crippen LogP contribution in [-0.2, 0) is 11.2 Å². The first-order valence-electron chi connectivity index (χ1n) is 8.10. The Kier molecular flexibility index (Phi) is 3.87. The highest BCUT2D eigenvalue weighted by molar-refractivity contribution is 5.70. The number of ether oxygens (including phenoxy) is 3. The monoisotopic (exact) mass is 356 g/mol. The smallest absolute Gasteiger partial charge is 0.410 e. The van der Waals surface area contributed by atoms with Gasteiger partial charge in [0.15, 0.2) is 11.5 Å². The Hall–Kier alpha value is -3.29. The lowest BCUT2D eigenvalue weighted by Gasteiger charge is -2.36. The molecule has 1 atom stereocenters. The standard InChI is InChI=1S/C18H16N2O6/c1-24-18(21)19-7-6-12-8-15-16(26-10-25-15)9-14(12)17(19)11-2-4-13(5-3-11)20(22)23/h2-5,8-9,17H,6-7,10H2,1H3. The molecule has 1 amide bonds. The summed E-state index contributed by atoms with van der Waals surface area (Å²) in [5, 5.41) is 10.9. The molecule has 2 aromatic carbocycles. The molecular formula is C18H16N2O6. The Morgan fingerprint density at radius 1 is 1.23 bits per heavy atom. The van der Waals surface area contributed by atoms with E-state index in [2.05, 4.69) is 0 Å². The van der Waals surface area contributed by atoms with E-state index < -0.39 is 17.1 Å². The highest BCUT2D eigenvalue weighted by Crippen LogP contribution is 2.43. The molecule has 2 aliphatic heterocycles. The molecule has 0 aliphatic carbocycles. The zero-order chi connectivity index (χ0) is 18.3. The van der Waals surface area contributed by atoms with E-state index in [1.807, 2.05) is 12.1 Å². The fraction of sp³-hybridized carbons (Fsp3) is 0.278. The van der Waals surface area contributed by atoms with Crippen LogP contribution in [0.4, 0.5) is 10.5 Å². The summed E-state index contributed by atoms with van der Waals surface area (Å²) in [7, 11) is 1.34. The molecule has 26 heavy (non-hydrogen) atoms. The maximum Gasteiger partial charge on any atom is 0.410 e. The Labute approximate surface area is 149 Å². The van der Waals surface area contributed by atoms with Gasteiger partial charge in [-0.25, -0.2) is 4.79 Å². The number of methoxy groups -OCH3 is 1. The van der Waals surface area contributed by atoms with Gasteiger partial charge in [0.25, 0.3) is 5.69 Å². The molecule has 0 N–H and O–H groups in total. The predicted octanol–water partition coefficient (Wildman–Crippen LogP) is 3.04. The number of hydrogen-bond donors (Lipinski definition) is 0. The molecule has 4 rings (SSSR count). The molecule has 0 saturated heterocycles. The molecule has 0 aromatic heterocycles. The fourth-order valence-electron chi connectivity index (χ4n) is 3.46. The number of rotatable bonds is 2. The highest BCUT2D eigenvalue weighted by atomic mass is 16.7. The maximum absolute atomic E-state index is 12.3. The predicted molar refractivity (Wildman–Crippen MR) is 90.3 cm³/mol. The summed E-state index contributed by atoms with van der Waals surface area (Å²) < 4.78 is 15.8. The number of non-ortho nitro benzene ring substituents is 1. The average Bonchev–Trinajstić information content (AvgIpc) is 3.12. The van der Waals surface area contributed by atoms with E-state index >= 15 is 0 Å². The molecule has 0 spiro atoms. The van der Waals surface area contributed by atoms with Crippen LogP contribution in [0.3, 0.4) is 0 Å². The molecule has 8 heteroatoms. The molecule has 1 unspecified atom stereocenters.